The van der Waals surface area contributed by atoms with Crippen LogP contribution < -0.4 is 5.32 Å². The summed E-state index contributed by atoms with van der Waals surface area (Å²) in [5.74, 6) is -0.511. The molecule has 0 rings (SSSR count). The van der Waals surface area contributed by atoms with Gasteiger partial charge in [-0.3, -0.25) is 9.59 Å². The van der Waals surface area contributed by atoms with E-state index in [-0.39, 0.29) is 24.9 Å². The Labute approximate surface area is 397 Å². The highest BCUT2D eigenvalue weighted by atomic mass is 16.5. The number of unbranched alkanes of at least 4 members (excludes halogenated alkanes) is 32. The minimum Gasteiger partial charge on any atom is -0.462 e. The summed E-state index contributed by atoms with van der Waals surface area (Å²) in [6.07, 6.45) is 63.3. The van der Waals surface area contributed by atoms with Gasteiger partial charge >= 0.3 is 5.97 Å². The van der Waals surface area contributed by atoms with E-state index in [1.807, 2.05) is 6.08 Å². The molecule has 0 bridgehead atoms. The number of allylic oxidation sites excluding steroid dienone is 8. The molecule has 64 heavy (non-hydrogen) atoms. The van der Waals surface area contributed by atoms with Crippen LogP contribution in [0.25, 0.3) is 0 Å². The number of amides is 1. The third-order valence-corrected chi connectivity index (χ3v) is 12.7. The Balaban J connectivity index is 4.49. The molecular formula is C58H107NO5. The van der Waals surface area contributed by atoms with Crippen molar-refractivity contribution < 1.29 is 24.5 Å². The molecule has 3 atom stereocenters. The lowest BCUT2D eigenvalue weighted by Crippen LogP contribution is -2.46. The van der Waals surface area contributed by atoms with Crippen molar-refractivity contribution in [2.24, 2.45) is 0 Å². The number of carbonyl (C=O) groups is 2. The fraction of sp³-hybridized carbons (Fsp3) is 0.828. The number of aliphatic hydroxyl groups is 2. The van der Waals surface area contributed by atoms with Crippen LogP contribution in [-0.4, -0.2) is 46.9 Å². The monoisotopic (exact) mass is 898 g/mol. The van der Waals surface area contributed by atoms with Gasteiger partial charge < -0.3 is 20.3 Å². The smallest absolute Gasteiger partial charge is 0.306 e. The van der Waals surface area contributed by atoms with Crippen LogP contribution in [0.15, 0.2) is 48.6 Å². The van der Waals surface area contributed by atoms with Crippen molar-refractivity contribution in [1.29, 1.82) is 0 Å². The van der Waals surface area contributed by atoms with Crippen molar-refractivity contribution in [1.82, 2.24) is 5.32 Å². The molecule has 6 nitrogen and oxygen atoms in total. The number of aliphatic hydroxyl groups excluding tert-OH is 2. The summed E-state index contributed by atoms with van der Waals surface area (Å²) in [6, 6.07) is -0.714. The summed E-state index contributed by atoms with van der Waals surface area (Å²) in [6.45, 7) is 6.36. The molecule has 6 heteroatoms. The normalized spacial score (nSPS) is 13.5. The first-order valence-corrected chi connectivity index (χ1v) is 27.9. The summed E-state index contributed by atoms with van der Waals surface area (Å²) in [4.78, 5) is 26.2. The molecule has 0 fully saturated rings. The fourth-order valence-corrected chi connectivity index (χ4v) is 8.49. The Morgan fingerprint density at radius 3 is 1.33 bits per heavy atom. The number of ether oxygens (including phenoxy) is 1. The zero-order chi connectivity index (χ0) is 46.7. The number of esters is 1. The number of hydrogen-bond donors (Lipinski definition) is 3. The van der Waals surface area contributed by atoms with Gasteiger partial charge in [0.25, 0.3) is 0 Å². The standard InChI is InChI=1S/C58H107NO5/c1-4-7-10-13-16-19-22-24-26-28-29-31-33-36-39-42-45-48-51-58(63)64-54(49-46-43-40-37-34-21-18-15-12-9-6-3)52-57(62)59-55(53-60)56(61)50-47-44-41-38-35-32-30-27-25-23-20-17-14-11-8-5-2/h9,12,15,18,21,29,31,34,54-56,60-61H,4-8,10-11,13-14,16-17,19-20,22-28,30,32-33,35-53H2,1-3H3,(H,59,62)/b12-9+,18-15+,31-29+,34-21-. The molecule has 0 aromatic carbocycles. The predicted molar refractivity (Wildman–Crippen MR) is 278 cm³/mol. The maximum absolute atomic E-state index is 13.2. The fourth-order valence-electron chi connectivity index (χ4n) is 8.49. The molecule has 0 saturated carbocycles. The van der Waals surface area contributed by atoms with Crippen molar-refractivity contribution in [3.05, 3.63) is 48.6 Å². The second-order valence-electron chi connectivity index (χ2n) is 19.0. The van der Waals surface area contributed by atoms with E-state index in [1.165, 1.54) is 161 Å². The van der Waals surface area contributed by atoms with Crippen LogP contribution in [0, 0.1) is 0 Å². The lowest BCUT2D eigenvalue weighted by Gasteiger charge is -2.24. The van der Waals surface area contributed by atoms with Crippen molar-refractivity contribution in [2.75, 3.05) is 6.61 Å². The van der Waals surface area contributed by atoms with Gasteiger partial charge in [0.1, 0.15) is 6.10 Å². The van der Waals surface area contributed by atoms with Crippen LogP contribution in [0.4, 0.5) is 0 Å². The molecular weight excluding hydrogens is 791 g/mol. The first kappa shape index (κ1) is 61.8. The minimum absolute atomic E-state index is 0.0522. The Morgan fingerprint density at radius 1 is 0.469 bits per heavy atom. The highest BCUT2D eigenvalue weighted by Gasteiger charge is 2.24. The van der Waals surface area contributed by atoms with E-state index in [4.69, 9.17) is 4.74 Å². The Bertz CT molecular complexity index is 1100. The van der Waals surface area contributed by atoms with E-state index >= 15 is 0 Å². The van der Waals surface area contributed by atoms with Crippen LogP contribution in [0.3, 0.4) is 0 Å². The van der Waals surface area contributed by atoms with Crippen LogP contribution in [0.5, 0.6) is 0 Å². The van der Waals surface area contributed by atoms with Crippen molar-refractivity contribution in [3.63, 3.8) is 0 Å². The van der Waals surface area contributed by atoms with E-state index in [2.05, 4.69) is 68.6 Å². The zero-order valence-corrected chi connectivity index (χ0v) is 42.7. The molecule has 3 N–H and O–H groups in total. The quantitative estimate of drug-likeness (QED) is 0.0245. The summed E-state index contributed by atoms with van der Waals surface area (Å²) in [5, 5.41) is 23.8. The highest BCUT2D eigenvalue weighted by molar-refractivity contribution is 5.77. The molecule has 0 radical (unpaired) electrons. The molecule has 374 valence electrons. The SMILES string of the molecule is CC/C=C/C=C/C=C\CCCCCC(CC(=O)NC(CO)C(O)CCCCCCCCCCCCCCCCCC)OC(=O)CCCCCCC/C=C/CCCCCCCCCCC. The predicted octanol–water partition coefficient (Wildman–Crippen LogP) is 17.0. The second-order valence-corrected chi connectivity index (χ2v) is 19.0. The van der Waals surface area contributed by atoms with Gasteiger partial charge in [0, 0.05) is 6.42 Å². The van der Waals surface area contributed by atoms with E-state index in [0.717, 1.165) is 77.0 Å². The lowest BCUT2D eigenvalue weighted by molar-refractivity contribution is -0.151. The molecule has 0 aromatic heterocycles. The first-order valence-electron chi connectivity index (χ1n) is 27.9. The molecule has 0 aromatic rings. The van der Waals surface area contributed by atoms with E-state index < -0.39 is 18.2 Å². The molecule has 0 heterocycles. The molecule has 1 amide bonds. The number of hydrogen-bond acceptors (Lipinski definition) is 5. The third-order valence-electron chi connectivity index (χ3n) is 12.7. The molecule has 3 unspecified atom stereocenters. The molecule has 0 aliphatic carbocycles. The Hall–Kier alpha value is -2.18. The van der Waals surface area contributed by atoms with Crippen molar-refractivity contribution >= 4 is 11.9 Å². The number of nitrogens with one attached hydrogen (secondary N) is 1. The highest BCUT2D eigenvalue weighted by Crippen LogP contribution is 2.18. The van der Waals surface area contributed by atoms with E-state index in [1.54, 1.807) is 0 Å². The largest absolute Gasteiger partial charge is 0.462 e. The molecule has 0 spiro atoms. The van der Waals surface area contributed by atoms with Crippen molar-refractivity contribution in [3.8, 4) is 0 Å². The van der Waals surface area contributed by atoms with Gasteiger partial charge in [-0.2, -0.15) is 0 Å². The average molecular weight is 898 g/mol. The van der Waals surface area contributed by atoms with Gasteiger partial charge in [-0.25, -0.2) is 0 Å². The summed E-state index contributed by atoms with van der Waals surface area (Å²) in [7, 11) is 0. The zero-order valence-electron chi connectivity index (χ0n) is 42.7. The van der Waals surface area contributed by atoms with Gasteiger partial charge in [0.05, 0.1) is 25.2 Å². The minimum atomic E-state index is -0.798. The van der Waals surface area contributed by atoms with Gasteiger partial charge in [0.2, 0.25) is 5.91 Å². The van der Waals surface area contributed by atoms with Crippen molar-refractivity contribution in [2.45, 2.75) is 302 Å². The third kappa shape index (κ3) is 46.4. The molecule has 0 aliphatic rings. The Morgan fingerprint density at radius 2 is 0.859 bits per heavy atom. The summed E-state index contributed by atoms with van der Waals surface area (Å²) >= 11 is 0. The summed E-state index contributed by atoms with van der Waals surface area (Å²) in [5.41, 5.74) is 0. The Kier molecular flexibility index (Phi) is 50.0. The van der Waals surface area contributed by atoms with Crippen LogP contribution in [0.1, 0.15) is 284 Å². The van der Waals surface area contributed by atoms with E-state index in [9.17, 15) is 19.8 Å². The maximum Gasteiger partial charge on any atom is 0.306 e. The van der Waals surface area contributed by atoms with Gasteiger partial charge in [-0.05, 0) is 70.6 Å². The maximum atomic E-state index is 13.2. The summed E-state index contributed by atoms with van der Waals surface area (Å²) < 4.78 is 5.92. The second kappa shape index (κ2) is 51.8. The first-order chi connectivity index (χ1) is 31.5. The van der Waals surface area contributed by atoms with Crippen LogP contribution in [-0.2, 0) is 14.3 Å². The van der Waals surface area contributed by atoms with Gasteiger partial charge in [0.15, 0.2) is 0 Å². The van der Waals surface area contributed by atoms with Crippen LogP contribution >= 0.6 is 0 Å². The van der Waals surface area contributed by atoms with Gasteiger partial charge in [-0.1, -0.05) is 249 Å². The van der Waals surface area contributed by atoms with E-state index in [0.29, 0.717) is 19.3 Å². The lowest BCUT2D eigenvalue weighted by atomic mass is 10.0. The molecule has 0 saturated heterocycles. The van der Waals surface area contributed by atoms with Gasteiger partial charge in [-0.15, -0.1) is 0 Å². The number of rotatable bonds is 50. The topological polar surface area (TPSA) is 95.9 Å². The van der Waals surface area contributed by atoms with Crippen LogP contribution in [0.2, 0.25) is 0 Å². The number of carbonyl (C=O) groups excluding carboxylic acids is 2. The molecule has 0 aliphatic heterocycles. The average Bonchev–Trinajstić information content (AvgIpc) is 3.29.